The summed E-state index contributed by atoms with van der Waals surface area (Å²) in [6.45, 7) is 5.87. The van der Waals surface area contributed by atoms with Gasteiger partial charge in [-0.25, -0.2) is 4.39 Å². The molecular formula is C25H22FNO3. The Morgan fingerprint density at radius 1 is 1.07 bits per heavy atom. The van der Waals surface area contributed by atoms with Crippen LogP contribution in [0, 0.1) is 26.6 Å². The third kappa shape index (κ3) is 3.36. The van der Waals surface area contributed by atoms with Crippen LogP contribution in [0.1, 0.15) is 27.8 Å². The van der Waals surface area contributed by atoms with Gasteiger partial charge in [-0.2, -0.15) is 0 Å². The Hall–Kier alpha value is -3.47. The van der Waals surface area contributed by atoms with E-state index in [9.17, 15) is 9.18 Å². The smallest absolute Gasteiger partial charge is 0.310 e. The second-order valence-corrected chi connectivity index (χ2v) is 7.41. The van der Waals surface area contributed by atoms with Gasteiger partial charge < -0.3 is 9.47 Å². The van der Waals surface area contributed by atoms with Gasteiger partial charge in [-0.3, -0.25) is 9.79 Å². The van der Waals surface area contributed by atoms with Gasteiger partial charge in [-0.1, -0.05) is 35.9 Å². The Labute approximate surface area is 175 Å². The minimum Gasteiger partial charge on any atom is -0.469 e. The average molecular weight is 403 g/mol. The van der Waals surface area contributed by atoms with Gasteiger partial charge in [0.05, 0.1) is 19.1 Å². The molecule has 3 aromatic carbocycles. The highest BCUT2D eigenvalue weighted by Gasteiger charge is 2.26. The van der Waals surface area contributed by atoms with Crippen molar-refractivity contribution in [3.8, 4) is 22.6 Å². The summed E-state index contributed by atoms with van der Waals surface area (Å²) in [5, 5.41) is 0. The first kappa shape index (κ1) is 19.8. The zero-order chi connectivity index (χ0) is 21.4. The van der Waals surface area contributed by atoms with Crippen molar-refractivity contribution in [2.75, 3.05) is 7.11 Å². The first-order valence-electron chi connectivity index (χ1n) is 9.71. The number of rotatable bonds is 3. The van der Waals surface area contributed by atoms with Gasteiger partial charge >= 0.3 is 5.97 Å². The molecule has 0 spiro atoms. The second-order valence-electron chi connectivity index (χ2n) is 7.41. The fourth-order valence-electron chi connectivity index (χ4n) is 3.82. The Morgan fingerprint density at radius 3 is 2.50 bits per heavy atom. The minimum atomic E-state index is -0.395. The van der Waals surface area contributed by atoms with E-state index in [0.29, 0.717) is 22.7 Å². The molecule has 4 nitrogen and oxygen atoms in total. The summed E-state index contributed by atoms with van der Waals surface area (Å²) in [7, 11) is 1.38. The number of hydrogen-bond donors (Lipinski definition) is 0. The highest BCUT2D eigenvalue weighted by Crippen LogP contribution is 2.47. The van der Waals surface area contributed by atoms with E-state index >= 15 is 0 Å². The molecule has 0 fully saturated rings. The van der Waals surface area contributed by atoms with Crippen molar-refractivity contribution in [3.63, 3.8) is 0 Å². The van der Waals surface area contributed by atoms with Gasteiger partial charge in [0.25, 0.3) is 0 Å². The van der Waals surface area contributed by atoms with Crippen molar-refractivity contribution < 1.29 is 18.7 Å². The molecule has 0 atom stereocenters. The predicted molar refractivity (Wildman–Crippen MR) is 116 cm³/mol. The lowest BCUT2D eigenvalue weighted by molar-refractivity contribution is -0.139. The predicted octanol–water partition coefficient (Wildman–Crippen LogP) is 5.99. The Kier molecular flexibility index (Phi) is 5.12. The SMILES string of the molecule is COC(=O)Cc1c(C)c2c(c(C)c1-c1ccc(C)cc1)Oc1cccc(F)c1C=N2. The molecule has 30 heavy (non-hydrogen) atoms. The molecule has 0 saturated carbocycles. The number of nitrogens with zero attached hydrogens (tertiary/aromatic N) is 1. The molecule has 0 saturated heterocycles. The van der Waals surface area contributed by atoms with Crippen molar-refractivity contribution >= 4 is 17.9 Å². The van der Waals surface area contributed by atoms with Crippen LogP contribution in [0.3, 0.4) is 0 Å². The number of halogens is 1. The summed E-state index contributed by atoms with van der Waals surface area (Å²) in [5.74, 6) is 0.249. The Morgan fingerprint density at radius 2 is 1.80 bits per heavy atom. The van der Waals surface area contributed by atoms with Crippen LogP contribution >= 0.6 is 0 Å². The van der Waals surface area contributed by atoms with Gasteiger partial charge in [-0.15, -0.1) is 0 Å². The number of aryl methyl sites for hydroxylation is 1. The molecule has 0 unspecified atom stereocenters. The number of carbonyl (C=O) groups excluding carboxylic acids is 1. The quantitative estimate of drug-likeness (QED) is 0.395. The van der Waals surface area contributed by atoms with Gasteiger partial charge in [-0.05, 0) is 55.2 Å². The molecule has 0 aromatic heterocycles. The van der Waals surface area contributed by atoms with Crippen LogP contribution in [0.2, 0.25) is 0 Å². The fraction of sp³-hybridized carbons (Fsp3) is 0.200. The number of esters is 1. The first-order chi connectivity index (χ1) is 14.4. The van der Waals surface area contributed by atoms with Crippen LogP contribution in [0.25, 0.3) is 11.1 Å². The van der Waals surface area contributed by atoms with Crippen molar-refractivity contribution in [1.29, 1.82) is 0 Å². The van der Waals surface area contributed by atoms with E-state index < -0.39 is 5.82 Å². The normalized spacial score (nSPS) is 11.9. The number of carbonyl (C=O) groups is 1. The maximum absolute atomic E-state index is 14.3. The second kappa shape index (κ2) is 7.75. The molecule has 0 bridgehead atoms. The number of hydrogen-bond acceptors (Lipinski definition) is 4. The molecule has 1 aliphatic rings. The first-order valence-corrected chi connectivity index (χ1v) is 9.71. The zero-order valence-electron chi connectivity index (χ0n) is 17.4. The summed E-state index contributed by atoms with van der Waals surface area (Å²) in [5.41, 5.74) is 6.40. The Bertz CT molecular complexity index is 1180. The standard InChI is InChI=1S/C25H22FNO3/c1-14-8-10-17(11-9-14)23-16(3)25-24(15(2)18(23)12-22(28)29-4)27-13-19-20(26)6-5-7-21(19)30-25/h5-11,13H,12H2,1-4H3. The van der Waals surface area contributed by atoms with E-state index in [1.54, 1.807) is 12.1 Å². The van der Waals surface area contributed by atoms with Crippen molar-refractivity contribution in [2.45, 2.75) is 27.2 Å². The molecule has 0 amide bonds. The van der Waals surface area contributed by atoms with E-state index in [1.165, 1.54) is 19.4 Å². The minimum absolute atomic E-state index is 0.108. The number of ether oxygens (including phenoxy) is 2. The summed E-state index contributed by atoms with van der Waals surface area (Å²) in [6.07, 6.45) is 1.59. The topological polar surface area (TPSA) is 47.9 Å². The maximum Gasteiger partial charge on any atom is 0.310 e. The van der Waals surface area contributed by atoms with Crippen LogP contribution in [-0.4, -0.2) is 19.3 Å². The highest BCUT2D eigenvalue weighted by atomic mass is 19.1. The van der Waals surface area contributed by atoms with Gasteiger partial charge in [0, 0.05) is 11.8 Å². The molecule has 4 rings (SSSR count). The lowest BCUT2D eigenvalue weighted by Gasteiger charge is -2.21. The van der Waals surface area contributed by atoms with Crippen molar-refractivity contribution in [1.82, 2.24) is 0 Å². The van der Waals surface area contributed by atoms with E-state index in [0.717, 1.165) is 33.4 Å². The average Bonchev–Trinajstić information content (AvgIpc) is 2.94. The van der Waals surface area contributed by atoms with E-state index in [1.807, 2.05) is 45.0 Å². The molecule has 0 aliphatic carbocycles. The van der Waals surface area contributed by atoms with Gasteiger partial charge in [0.2, 0.25) is 0 Å². The van der Waals surface area contributed by atoms with Crippen molar-refractivity contribution in [3.05, 3.63) is 76.1 Å². The number of fused-ring (bicyclic) bond motifs is 2. The summed E-state index contributed by atoms with van der Waals surface area (Å²) in [6, 6.07) is 12.8. The molecule has 0 N–H and O–H groups in total. The van der Waals surface area contributed by atoms with Crippen molar-refractivity contribution in [2.24, 2.45) is 4.99 Å². The fourth-order valence-corrected chi connectivity index (χ4v) is 3.82. The van der Waals surface area contributed by atoms with Crippen LogP contribution in [0.5, 0.6) is 11.5 Å². The van der Waals surface area contributed by atoms with E-state index in [-0.39, 0.29) is 12.4 Å². The van der Waals surface area contributed by atoms with Crippen LogP contribution in [-0.2, 0) is 16.0 Å². The van der Waals surface area contributed by atoms with Crippen LogP contribution in [0.15, 0.2) is 47.5 Å². The Balaban J connectivity index is 2.00. The molecular weight excluding hydrogens is 381 g/mol. The zero-order valence-corrected chi connectivity index (χ0v) is 17.4. The molecule has 1 aliphatic heterocycles. The lowest BCUT2D eigenvalue weighted by atomic mass is 9.88. The van der Waals surface area contributed by atoms with Crippen LogP contribution in [0.4, 0.5) is 10.1 Å². The van der Waals surface area contributed by atoms with E-state index in [2.05, 4.69) is 4.99 Å². The summed E-state index contributed by atoms with van der Waals surface area (Å²) < 4.78 is 25.4. The summed E-state index contributed by atoms with van der Waals surface area (Å²) >= 11 is 0. The third-order valence-corrected chi connectivity index (χ3v) is 5.48. The molecule has 1 heterocycles. The van der Waals surface area contributed by atoms with Gasteiger partial charge in [0.1, 0.15) is 17.3 Å². The summed E-state index contributed by atoms with van der Waals surface area (Å²) in [4.78, 5) is 16.7. The van der Waals surface area contributed by atoms with Gasteiger partial charge in [0.15, 0.2) is 5.75 Å². The third-order valence-electron chi connectivity index (χ3n) is 5.48. The molecule has 152 valence electrons. The number of aliphatic imine (C=N–C) groups is 1. The largest absolute Gasteiger partial charge is 0.469 e. The molecule has 3 aromatic rings. The van der Waals surface area contributed by atoms with Crippen LogP contribution < -0.4 is 4.74 Å². The van der Waals surface area contributed by atoms with E-state index in [4.69, 9.17) is 9.47 Å². The molecule has 0 radical (unpaired) electrons. The monoisotopic (exact) mass is 403 g/mol. The maximum atomic E-state index is 14.3. The number of benzene rings is 3. The molecule has 5 heteroatoms. The number of methoxy groups -OCH3 is 1. The lowest BCUT2D eigenvalue weighted by Crippen LogP contribution is -2.09. The highest BCUT2D eigenvalue weighted by molar-refractivity contribution is 5.92.